The average Bonchev–Trinajstić information content (AvgIpc) is 3.16. The molecule has 1 aliphatic heterocycles. The minimum atomic E-state index is -0.777. The molecule has 2 atom stereocenters. The molecule has 154 valence electrons. The number of halogens is 2. The smallest absolute Gasteiger partial charge is 0.258 e. The SMILES string of the molecule is CN(C)C(=O)c1c(N)ccc(-c2cnc3c(c2Cl)C2(CCC(C)(O)C2)CN3)c1F. The Labute approximate surface area is 173 Å². The fourth-order valence-electron chi connectivity index (χ4n) is 4.65. The highest BCUT2D eigenvalue weighted by molar-refractivity contribution is 6.34. The molecule has 2 aliphatic rings. The van der Waals surface area contributed by atoms with Gasteiger partial charge in [0.05, 0.1) is 16.2 Å². The topological polar surface area (TPSA) is 91.5 Å². The number of pyridine rings is 1. The summed E-state index contributed by atoms with van der Waals surface area (Å²) in [6, 6.07) is 3.03. The number of nitrogens with zero attached hydrogens (tertiary/aromatic N) is 2. The number of nitrogens with one attached hydrogen (secondary N) is 1. The lowest BCUT2D eigenvalue weighted by molar-refractivity contribution is 0.0619. The maximum Gasteiger partial charge on any atom is 0.258 e. The zero-order valence-electron chi connectivity index (χ0n) is 16.6. The second kappa shape index (κ2) is 6.57. The second-order valence-corrected chi connectivity index (χ2v) is 8.99. The summed E-state index contributed by atoms with van der Waals surface area (Å²) in [5.41, 5.74) is 6.05. The fourth-order valence-corrected chi connectivity index (χ4v) is 5.10. The zero-order chi connectivity index (χ0) is 21.1. The first-order valence-electron chi connectivity index (χ1n) is 9.51. The number of benzene rings is 1. The standard InChI is InChI=1S/C21H24ClFN4O2/c1-20(29)6-7-21(9-20)10-26-18-15(21)16(22)12(8-25-18)11-4-5-13(24)14(17(11)23)19(28)27(2)3/h4-5,8,29H,6-7,9-10,24H2,1-3H3,(H,25,26). The van der Waals surface area contributed by atoms with Crippen LogP contribution in [0.25, 0.3) is 11.1 Å². The summed E-state index contributed by atoms with van der Waals surface area (Å²) < 4.78 is 15.4. The highest BCUT2D eigenvalue weighted by Gasteiger charge is 2.51. The minimum Gasteiger partial charge on any atom is -0.398 e. The van der Waals surface area contributed by atoms with E-state index in [2.05, 4.69) is 10.3 Å². The van der Waals surface area contributed by atoms with E-state index in [4.69, 9.17) is 17.3 Å². The Morgan fingerprint density at radius 2 is 2.07 bits per heavy atom. The lowest BCUT2D eigenvalue weighted by Crippen LogP contribution is -2.29. The van der Waals surface area contributed by atoms with E-state index in [0.29, 0.717) is 35.8 Å². The van der Waals surface area contributed by atoms with Gasteiger partial charge >= 0.3 is 0 Å². The van der Waals surface area contributed by atoms with Crippen LogP contribution in [-0.4, -0.2) is 47.1 Å². The van der Waals surface area contributed by atoms with E-state index in [0.717, 1.165) is 12.0 Å². The largest absolute Gasteiger partial charge is 0.398 e. The van der Waals surface area contributed by atoms with E-state index in [9.17, 15) is 9.90 Å². The number of nitrogens with two attached hydrogens (primary N) is 1. The third kappa shape index (κ3) is 3.04. The normalized spacial score (nSPS) is 25.2. The Kier molecular flexibility index (Phi) is 4.51. The molecule has 1 aromatic heterocycles. The van der Waals surface area contributed by atoms with E-state index in [1.54, 1.807) is 14.1 Å². The zero-order valence-corrected chi connectivity index (χ0v) is 17.4. The molecule has 1 saturated carbocycles. The average molecular weight is 419 g/mol. The highest BCUT2D eigenvalue weighted by atomic mass is 35.5. The number of aromatic nitrogens is 1. The van der Waals surface area contributed by atoms with Crippen LogP contribution in [0.1, 0.15) is 42.1 Å². The molecule has 1 aromatic carbocycles. The van der Waals surface area contributed by atoms with Gasteiger partial charge in [-0.05, 0) is 38.3 Å². The number of carbonyl (C=O) groups excluding carboxylic acids is 1. The number of hydrogen-bond donors (Lipinski definition) is 3. The number of fused-ring (bicyclic) bond motifs is 2. The third-order valence-corrected chi connectivity index (χ3v) is 6.48. The summed E-state index contributed by atoms with van der Waals surface area (Å²) in [6.07, 6.45) is 3.49. The van der Waals surface area contributed by atoms with Crippen LogP contribution in [0, 0.1) is 5.82 Å². The van der Waals surface area contributed by atoms with Crippen molar-refractivity contribution in [3.05, 3.63) is 40.3 Å². The molecule has 2 unspecified atom stereocenters. The van der Waals surface area contributed by atoms with Crippen molar-refractivity contribution in [3.8, 4) is 11.1 Å². The van der Waals surface area contributed by atoms with Gasteiger partial charge in [-0.2, -0.15) is 0 Å². The van der Waals surface area contributed by atoms with Crippen LogP contribution >= 0.6 is 11.6 Å². The highest BCUT2D eigenvalue weighted by Crippen LogP contribution is 2.54. The first-order chi connectivity index (χ1) is 13.6. The van der Waals surface area contributed by atoms with E-state index in [-0.39, 0.29) is 22.2 Å². The summed E-state index contributed by atoms with van der Waals surface area (Å²) in [6.45, 7) is 2.45. The van der Waals surface area contributed by atoms with Gasteiger partial charge in [0.2, 0.25) is 0 Å². The molecule has 0 saturated heterocycles. The van der Waals surface area contributed by atoms with Gasteiger partial charge in [-0.25, -0.2) is 9.37 Å². The second-order valence-electron chi connectivity index (χ2n) is 8.61. The van der Waals surface area contributed by atoms with E-state index < -0.39 is 17.3 Å². The summed E-state index contributed by atoms with van der Waals surface area (Å²) in [5, 5.41) is 14.2. The van der Waals surface area contributed by atoms with Gasteiger partial charge in [0.15, 0.2) is 0 Å². The van der Waals surface area contributed by atoms with Crippen molar-refractivity contribution in [2.75, 3.05) is 31.7 Å². The summed E-state index contributed by atoms with van der Waals surface area (Å²) >= 11 is 6.80. The first kappa shape index (κ1) is 19.9. The Morgan fingerprint density at radius 3 is 2.69 bits per heavy atom. The quantitative estimate of drug-likeness (QED) is 0.650. The van der Waals surface area contributed by atoms with E-state index in [1.807, 2.05) is 6.92 Å². The van der Waals surface area contributed by atoms with Crippen molar-refractivity contribution in [1.82, 2.24) is 9.88 Å². The van der Waals surface area contributed by atoms with Gasteiger partial charge in [0.1, 0.15) is 11.6 Å². The molecule has 0 bridgehead atoms. The molecule has 29 heavy (non-hydrogen) atoms. The molecule has 1 amide bonds. The molecule has 2 heterocycles. The third-order valence-electron chi connectivity index (χ3n) is 6.09. The Balaban J connectivity index is 1.88. The molecule has 1 spiro atoms. The molecule has 2 aromatic rings. The molecule has 6 nitrogen and oxygen atoms in total. The van der Waals surface area contributed by atoms with Crippen molar-refractivity contribution >= 4 is 29.0 Å². The van der Waals surface area contributed by atoms with Crippen molar-refractivity contribution in [1.29, 1.82) is 0 Å². The van der Waals surface area contributed by atoms with Crippen LogP contribution in [0.5, 0.6) is 0 Å². The van der Waals surface area contributed by atoms with Crippen molar-refractivity contribution in [2.24, 2.45) is 0 Å². The molecule has 4 rings (SSSR count). The van der Waals surface area contributed by atoms with Gasteiger partial charge in [0.25, 0.3) is 5.91 Å². The first-order valence-corrected chi connectivity index (χ1v) is 9.89. The monoisotopic (exact) mass is 418 g/mol. The number of aliphatic hydroxyl groups is 1. The van der Waals surface area contributed by atoms with Crippen LogP contribution < -0.4 is 11.1 Å². The lowest BCUT2D eigenvalue weighted by Gasteiger charge is -2.26. The molecule has 4 N–H and O–H groups in total. The summed E-state index contributed by atoms with van der Waals surface area (Å²) in [7, 11) is 3.08. The molecule has 1 aliphatic carbocycles. The number of rotatable bonds is 2. The predicted molar refractivity (Wildman–Crippen MR) is 112 cm³/mol. The fraction of sp³-hybridized carbons (Fsp3) is 0.429. The Morgan fingerprint density at radius 1 is 1.34 bits per heavy atom. The number of nitrogen functional groups attached to an aromatic ring is 1. The lowest BCUT2D eigenvalue weighted by atomic mass is 9.79. The van der Waals surface area contributed by atoms with Crippen LogP contribution in [0.4, 0.5) is 15.9 Å². The number of amides is 1. The van der Waals surface area contributed by atoms with Gasteiger partial charge in [-0.15, -0.1) is 0 Å². The Hall–Kier alpha value is -2.38. The van der Waals surface area contributed by atoms with E-state index >= 15 is 4.39 Å². The van der Waals surface area contributed by atoms with Gasteiger partial charge in [-0.1, -0.05) is 11.6 Å². The number of hydrogen-bond acceptors (Lipinski definition) is 5. The van der Waals surface area contributed by atoms with Crippen LogP contribution in [0.2, 0.25) is 5.02 Å². The maximum atomic E-state index is 15.4. The molecular formula is C21H24ClFN4O2. The van der Waals surface area contributed by atoms with Crippen LogP contribution in [0.3, 0.4) is 0 Å². The molecular weight excluding hydrogens is 395 g/mol. The van der Waals surface area contributed by atoms with Gasteiger partial charge in [0, 0.05) is 54.6 Å². The molecule has 1 fully saturated rings. The maximum absolute atomic E-state index is 15.4. The predicted octanol–water partition coefficient (Wildman–Crippen LogP) is 3.42. The van der Waals surface area contributed by atoms with Gasteiger partial charge < -0.3 is 21.1 Å². The summed E-state index contributed by atoms with van der Waals surface area (Å²) in [5.74, 6) is -0.570. The van der Waals surface area contributed by atoms with Gasteiger partial charge in [-0.3, -0.25) is 4.79 Å². The van der Waals surface area contributed by atoms with Crippen molar-refractivity contribution in [3.63, 3.8) is 0 Å². The Bertz CT molecular complexity index is 1020. The molecule has 8 heteroatoms. The van der Waals surface area contributed by atoms with Crippen LogP contribution in [0.15, 0.2) is 18.3 Å². The van der Waals surface area contributed by atoms with Crippen molar-refractivity contribution < 1.29 is 14.3 Å². The number of carbonyl (C=O) groups is 1. The molecule has 0 radical (unpaired) electrons. The number of anilines is 2. The summed E-state index contributed by atoms with van der Waals surface area (Å²) in [4.78, 5) is 18.2. The van der Waals surface area contributed by atoms with E-state index in [1.165, 1.54) is 23.2 Å². The van der Waals surface area contributed by atoms with Crippen molar-refractivity contribution in [2.45, 2.75) is 37.2 Å². The van der Waals surface area contributed by atoms with Crippen LogP contribution in [-0.2, 0) is 5.41 Å². The minimum absolute atomic E-state index is 0.0696.